The van der Waals surface area contributed by atoms with Crippen molar-refractivity contribution in [3.05, 3.63) is 82.6 Å². The van der Waals surface area contributed by atoms with Crippen LogP contribution in [0, 0.1) is 17.8 Å². The van der Waals surface area contributed by atoms with Gasteiger partial charge in [0, 0.05) is 43.9 Å². The van der Waals surface area contributed by atoms with Gasteiger partial charge in [0.05, 0.1) is 17.4 Å². The van der Waals surface area contributed by atoms with E-state index in [1.54, 1.807) is 24.3 Å². The van der Waals surface area contributed by atoms with E-state index in [0.29, 0.717) is 24.2 Å². The molecule has 0 unspecified atom stereocenters. The number of anilines is 1. The van der Waals surface area contributed by atoms with Gasteiger partial charge in [-0.1, -0.05) is 24.1 Å². The van der Waals surface area contributed by atoms with Gasteiger partial charge in [0.1, 0.15) is 5.84 Å². The van der Waals surface area contributed by atoms with Crippen molar-refractivity contribution in [2.45, 2.75) is 12.7 Å². The highest BCUT2D eigenvalue weighted by Crippen LogP contribution is 2.35. The molecule has 0 spiro atoms. The largest absolute Gasteiger partial charge is 0.416 e. The molecule has 4 N–H and O–H groups in total. The summed E-state index contributed by atoms with van der Waals surface area (Å²) in [6.45, 7) is 3.25. The standard InChI is InChI=1S/C26H25F4N7/c1-36-9-11-37(12-10-36)16-19-6-7-20(14-21(19)26(28,29)30)34-24(31)18-4-2-3-17(13-18)5-8-22-25(32)33-15-23(27)35-22/h2-4,6-7,13-15H,9-12,16H2,1H3,(H2,31,34)(H2,32,33). The van der Waals surface area contributed by atoms with Crippen LogP contribution in [0.15, 0.2) is 53.7 Å². The minimum atomic E-state index is -4.53. The zero-order valence-corrected chi connectivity index (χ0v) is 20.1. The molecule has 2 aromatic carbocycles. The average molecular weight is 512 g/mol. The Hall–Kier alpha value is -4.01. The molecule has 1 fully saturated rings. The maximum Gasteiger partial charge on any atom is 0.416 e. The van der Waals surface area contributed by atoms with Gasteiger partial charge in [-0.2, -0.15) is 17.6 Å². The van der Waals surface area contributed by atoms with Crippen molar-refractivity contribution >= 4 is 17.3 Å². The number of likely N-dealkylation sites (N-methyl/N-ethyl adjacent to an activating group) is 1. The van der Waals surface area contributed by atoms with Crippen molar-refractivity contribution < 1.29 is 17.6 Å². The van der Waals surface area contributed by atoms with Crippen LogP contribution in [0.3, 0.4) is 0 Å². The molecular weight excluding hydrogens is 486 g/mol. The molecule has 0 atom stereocenters. The van der Waals surface area contributed by atoms with Crippen LogP contribution in [0.1, 0.15) is 27.9 Å². The molecule has 0 aliphatic carbocycles. The summed E-state index contributed by atoms with van der Waals surface area (Å²) in [5, 5.41) is 0. The van der Waals surface area contributed by atoms with Crippen molar-refractivity contribution in [3.63, 3.8) is 0 Å². The van der Waals surface area contributed by atoms with E-state index >= 15 is 0 Å². The van der Waals surface area contributed by atoms with Crippen LogP contribution >= 0.6 is 0 Å². The third-order valence-electron chi connectivity index (χ3n) is 5.89. The van der Waals surface area contributed by atoms with Crippen molar-refractivity contribution in [2.75, 3.05) is 39.0 Å². The molecule has 2 heterocycles. The summed E-state index contributed by atoms with van der Waals surface area (Å²) in [6.07, 6.45) is -3.64. The van der Waals surface area contributed by atoms with Crippen LogP contribution in [0.25, 0.3) is 0 Å². The lowest BCUT2D eigenvalue weighted by Crippen LogP contribution is -2.44. The van der Waals surface area contributed by atoms with Gasteiger partial charge in [-0.15, -0.1) is 0 Å². The van der Waals surface area contributed by atoms with Gasteiger partial charge in [-0.25, -0.2) is 15.0 Å². The number of amidine groups is 1. The fourth-order valence-corrected chi connectivity index (χ4v) is 3.84. The number of hydrogen-bond donors (Lipinski definition) is 2. The molecule has 1 aromatic heterocycles. The second kappa shape index (κ2) is 10.9. The van der Waals surface area contributed by atoms with Gasteiger partial charge < -0.3 is 16.4 Å². The topological polar surface area (TPSA) is 96.7 Å². The van der Waals surface area contributed by atoms with Gasteiger partial charge in [-0.05, 0) is 42.8 Å². The number of benzene rings is 2. The third kappa shape index (κ3) is 6.81. The number of aliphatic imine (C=N–C) groups is 1. The maximum atomic E-state index is 13.9. The van der Waals surface area contributed by atoms with Crippen LogP contribution in [-0.2, 0) is 12.7 Å². The quantitative estimate of drug-likeness (QED) is 0.241. The van der Waals surface area contributed by atoms with Gasteiger partial charge >= 0.3 is 6.18 Å². The molecule has 0 bridgehead atoms. The Morgan fingerprint density at radius 1 is 1.08 bits per heavy atom. The maximum absolute atomic E-state index is 13.9. The fourth-order valence-electron chi connectivity index (χ4n) is 3.84. The lowest BCUT2D eigenvalue weighted by atomic mass is 10.0. The molecule has 4 rings (SSSR count). The molecule has 37 heavy (non-hydrogen) atoms. The van der Waals surface area contributed by atoms with Gasteiger partial charge in [0.2, 0.25) is 5.95 Å². The number of nitrogen functional groups attached to an aromatic ring is 1. The summed E-state index contributed by atoms with van der Waals surface area (Å²) < 4.78 is 54.9. The summed E-state index contributed by atoms with van der Waals surface area (Å²) in [5.41, 5.74) is 12.3. The summed E-state index contributed by atoms with van der Waals surface area (Å²) in [5.74, 6) is 4.65. The first-order valence-corrected chi connectivity index (χ1v) is 11.4. The fraction of sp³-hybridized carbons (Fsp3) is 0.269. The van der Waals surface area contributed by atoms with Gasteiger partial charge in [-0.3, -0.25) is 4.90 Å². The number of nitrogens with zero attached hydrogens (tertiary/aromatic N) is 5. The summed E-state index contributed by atoms with van der Waals surface area (Å²) in [7, 11) is 1.99. The molecular formula is C26H25F4N7. The lowest BCUT2D eigenvalue weighted by molar-refractivity contribution is -0.138. The van der Waals surface area contributed by atoms with Gasteiger partial charge in [0.25, 0.3) is 0 Å². The normalized spacial score (nSPS) is 15.3. The Morgan fingerprint density at radius 2 is 1.84 bits per heavy atom. The smallest absolute Gasteiger partial charge is 0.383 e. The van der Waals surface area contributed by atoms with E-state index in [4.69, 9.17) is 11.5 Å². The number of piperazine rings is 1. The third-order valence-corrected chi connectivity index (χ3v) is 5.89. The molecule has 192 valence electrons. The molecule has 3 aromatic rings. The molecule has 0 saturated carbocycles. The molecule has 7 nitrogen and oxygen atoms in total. The predicted molar refractivity (Wildman–Crippen MR) is 133 cm³/mol. The molecule has 1 aliphatic rings. The number of nitrogens with two attached hydrogens (primary N) is 2. The second-order valence-electron chi connectivity index (χ2n) is 8.67. The monoisotopic (exact) mass is 511 g/mol. The van der Waals surface area contributed by atoms with E-state index < -0.39 is 17.7 Å². The molecule has 0 amide bonds. The van der Waals surface area contributed by atoms with E-state index in [1.807, 2.05) is 11.9 Å². The number of alkyl halides is 3. The van der Waals surface area contributed by atoms with Crippen LogP contribution in [0.2, 0.25) is 0 Å². The van der Waals surface area contributed by atoms with E-state index in [0.717, 1.165) is 25.4 Å². The molecule has 1 aliphatic heterocycles. The zero-order chi connectivity index (χ0) is 26.6. The Balaban J connectivity index is 1.57. The van der Waals surface area contributed by atoms with E-state index in [1.165, 1.54) is 12.1 Å². The van der Waals surface area contributed by atoms with Crippen molar-refractivity contribution in [1.82, 2.24) is 19.8 Å². The van der Waals surface area contributed by atoms with E-state index in [9.17, 15) is 17.6 Å². The summed E-state index contributed by atoms with van der Waals surface area (Å²) in [6, 6.07) is 10.6. The van der Waals surface area contributed by atoms with Crippen LogP contribution < -0.4 is 11.5 Å². The van der Waals surface area contributed by atoms with Crippen LogP contribution in [0.5, 0.6) is 0 Å². The number of aromatic nitrogens is 2. The first-order valence-electron chi connectivity index (χ1n) is 11.4. The van der Waals surface area contributed by atoms with Crippen LogP contribution in [-0.4, -0.2) is 58.8 Å². The number of hydrogen-bond acceptors (Lipinski definition) is 6. The molecule has 0 radical (unpaired) electrons. The highest BCUT2D eigenvalue weighted by molar-refractivity contribution is 5.99. The second-order valence-corrected chi connectivity index (χ2v) is 8.67. The SMILES string of the molecule is CN1CCN(Cc2ccc(N=C(N)c3cccc(C#Cc4nc(F)cnc4N)c3)cc2C(F)(F)F)CC1. The lowest BCUT2D eigenvalue weighted by Gasteiger charge is -2.32. The Morgan fingerprint density at radius 3 is 2.57 bits per heavy atom. The first-order chi connectivity index (χ1) is 17.6. The highest BCUT2D eigenvalue weighted by Gasteiger charge is 2.34. The predicted octanol–water partition coefficient (Wildman–Crippen LogP) is 3.40. The number of halogens is 4. The molecule has 1 saturated heterocycles. The minimum absolute atomic E-state index is 0.0108. The molecule has 11 heteroatoms. The van der Waals surface area contributed by atoms with Crippen molar-refractivity contribution in [3.8, 4) is 11.8 Å². The zero-order valence-electron chi connectivity index (χ0n) is 20.1. The Bertz CT molecular complexity index is 1370. The van der Waals surface area contributed by atoms with Gasteiger partial charge in [0.15, 0.2) is 11.5 Å². The van der Waals surface area contributed by atoms with Crippen molar-refractivity contribution in [2.24, 2.45) is 10.7 Å². The summed E-state index contributed by atoms with van der Waals surface area (Å²) >= 11 is 0. The first kappa shape index (κ1) is 26.1. The number of rotatable bonds is 4. The van der Waals surface area contributed by atoms with Crippen LogP contribution in [0.4, 0.5) is 29.1 Å². The van der Waals surface area contributed by atoms with E-state index in [-0.39, 0.29) is 35.1 Å². The Labute approximate surface area is 211 Å². The van der Waals surface area contributed by atoms with E-state index in [2.05, 4.69) is 31.7 Å². The highest BCUT2D eigenvalue weighted by atomic mass is 19.4. The Kier molecular flexibility index (Phi) is 7.71. The minimum Gasteiger partial charge on any atom is -0.383 e. The average Bonchev–Trinajstić information content (AvgIpc) is 2.86. The van der Waals surface area contributed by atoms with Crippen molar-refractivity contribution in [1.29, 1.82) is 0 Å². The summed E-state index contributed by atoms with van der Waals surface area (Å²) in [4.78, 5) is 15.6.